The Morgan fingerprint density at radius 2 is 1.33 bits per heavy atom. The van der Waals surface area contributed by atoms with Gasteiger partial charge in [-0.05, 0) is 39.0 Å². The highest BCUT2D eigenvalue weighted by molar-refractivity contribution is 7.87. The number of hydrogen-bond acceptors (Lipinski definition) is 8. The summed E-state index contributed by atoms with van der Waals surface area (Å²) in [6.07, 6.45) is 3.06. The van der Waals surface area contributed by atoms with Crippen LogP contribution in [0.3, 0.4) is 0 Å². The third-order valence-electron chi connectivity index (χ3n) is 5.71. The first-order chi connectivity index (χ1) is 12.4. The van der Waals surface area contributed by atoms with Crippen LogP contribution in [0.25, 0.3) is 0 Å². The molecule has 2 atom stereocenters. The van der Waals surface area contributed by atoms with Gasteiger partial charge in [-0.1, -0.05) is 6.58 Å². The highest BCUT2D eigenvalue weighted by Gasteiger charge is 2.68. The Morgan fingerprint density at radius 3 is 1.74 bits per heavy atom. The van der Waals surface area contributed by atoms with E-state index in [0.717, 1.165) is 6.08 Å². The monoisotopic (exact) mass is 422 g/mol. The number of hydrogen-bond donors (Lipinski definition) is 0. The smallest absolute Gasteiger partial charge is 0.330 e. The molecule has 0 spiro atoms. The Kier molecular flexibility index (Phi) is 5.02. The first-order valence-corrected chi connectivity index (χ1v) is 12.3. The molecule has 0 aromatic carbocycles. The molecule has 4 aliphatic carbocycles. The minimum Gasteiger partial charge on any atom is -0.456 e. The van der Waals surface area contributed by atoms with Crippen LogP contribution in [0.4, 0.5) is 0 Å². The Hall–Kier alpha value is -0.970. The van der Waals surface area contributed by atoms with Gasteiger partial charge in [-0.25, -0.2) is 4.79 Å². The Morgan fingerprint density at radius 1 is 0.926 bits per heavy atom. The van der Waals surface area contributed by atoms with Crippen molar-refractivity contribution in [2.75, 3.05) is 11.5 Å². The van der Waals surface area contributed by atoms with Crippen molar-refractivity contribution in [2.45, 2.75) is 69.2 Å². The molecule has 0 N–H and O–H groups in total. The zero-order valence-electron chi connectivity index (χ0n) is 15.6. The number of ether oxygens (including phenoxy) is 1. The van der Waals surface area contributed by atoms with Crippen molar-refractivity contribution in [1.29, 1.82) is 0 Å². The summed E-state index contributed by atoms with van der Waals surface area (Å²) in [6.45, 7) is 6.38. The van der Waals surface area contributed by atoms with E-state index in [1.807, 2.05) is 0 Å². The summed E-state index contributed by atoms with van der Waals surface area (Å²) in [5.41, 5.74) is -3.27. The molecule has 0 amide bonds. The first-order valence-electron chi connectivity index (χ1n) is 9.12. The van der Waals surface area contributed by atoms with Crippen LogP contribution >= 0.6 is 0 Å². The average molecular weight is 423 g/mol. The van der Waals surface area contributed by atoms with Crippen molar-refractivity contribution in [3.05, 3.63) is 12.7 Å². The fourth-order valence-electron chi connectivity index (χ4n) is 5.39. The van der Waals surface area contributed by atoms with Gasteiger partial charge in [-0.3, -0.25) is 8.37 Å². The van der Waals surface area contributed by atoms with Crippen molar-refractivity contribution >= 4 is 26.2 Å². The zero-order chi connectivity index (χ0) is 20.1. The van der Waals surface area contributed by atoms with E-state index in [4.69, 9.17) is 13.1 Å². The van der Waals surface area contributed by atoms with E-state index in [1.54, 1.807) is 0 Å². The molecule has 154 valence electrons. The van der Waals surface area contributed by atoms with Crippen molar-refractivity contribution in [2.24, 2.45) is 5.92 Å². The third-order valence-corrected chi connectivity index (χ3v) is 8.34. The summed E-state index contributed by atoms with van der Waals surface area (Å²) in [7, 11) is -7.57. The summed E-state index contributed by atoms with van der Waals surface area (Å²) < 4.78 is 65.6. The van der Waals surface area contributed by atoms with Crippen LogP contribution in [0.5, 0.6) is 0 Å². The van der Waals surface area contributed by atoms with Gasteiger partial charge >= 0.3 is 5.97 Å². The number of carbonyl (C=O) groups is 1. The van der Waals surface area contributed by atoms with Crippen LogP contribution in [-0.2, 0) is 38.1 Å². The molecule has 8 nitrogen and oxygen atoms in total. The second-order valence-corrected chi connectivity index (χ2v) is 11.8. The van der Waals surface area contributed by atoms with Crippen LogP contribution < -0.4 is 0 Å². The molecule has 4 bridgehead atoms. The van der Waals surface area contributed by atoms with Gasteiger partial charge in [0.1, 0.15) is 5.60 Å². The van der Waals surface area contributed by atoms with Crippen LogP contribution in [0.1, 0.15) is 52.4 Å². The summed E-state index contributed by atoms with van der Waals surface area (Å²) in [5, 5.41) is 0. The normalized spacial score (nSPS) is 37.9. The Bertz CT molecular complexity index is 792. The van der Waals surface area contributed by atoms with E-state index in [2.05, 4.69) is 6.58 Å². The predicted octanol–water partition coefficient (Wildman–Crippen LogP) is 1.66. The van der Waals surface area contributed by atoms with Crippen molar-refractivity contribution in [3.8, 4) is 0 Å². The van der Waals surface area contributed by atoms with E-state index in [-0.39, 0.29) is 36.7 Å². The Balaban J connectivity index is 2.02. The fourth-order valence-corrected chi connectivity index (χ4v) is 7.07. The minimum absolute atomic E-state index is 0.0574. The highest BCUT2D eigenvalue weighted by Crippen LogP contribution is 2.63. The zero-order valence-corrected chi connectivity index (χ0v) is 17.2. The number of esters is 1. The Labute approximate surface area is 160 Å². The largest absolute Gasteiger partial charge is 0.456 e. The number of rotatable bonds is 8. The molecule has 0 saturated heterocycles. The lowest BCUT2D eigenvalue weighted by Crippen LogP contribution is -2.68. The molecular weight excluding hydrogens is 396 g/mol. The standard InChI is InChI=1S/C17H26O8S2/c1-4-14(18)23-15-7-13-8-16(10-15,24-26(19,20)5-2)12-17(9-13,11-15)25-27(21,22)6-3/h4,13H,1,5-12H2,2-3H3. The van der Waals surface area contributed by atoms with Gasteiger partial charge in [-0.2, -0.15) is 16.8 Å². The maximum atomic E-state index is 12.2. The van der Waals surface area contributed by atoms with Crippen LogP contribution in [0.15, 0.2) is 12.7 Å². The lowest BCUT2D eigenvalue weighted by atomic mass is 9.50. The summed E-state index contributed by atoms with van der Waals surface area (Å²) >= 11 is 0. The summed E-state index contributed by atoms with van der Waals surface area (Å²) in [6, 6.07) is 0. The van der Waals surface area contributed by atoms with Gasteiger partial charge in [-0.15, -0.1) is 0 Å². The average Bonchev–Trinajstić information content (AvgIpc) is 2.51. The molecule has 10 heteroatoms. The fraction of sp³-hybridized carbons (Fsp3) is 0.824. The van der Waals surface area contributed by atoms with Gasteiger partial charge in [0, 0.05) is 25.3 Å². The van der Waals surface area contributed by atoms with Gasteiger partial charge in [0.2, 0.25) is 0 Å². The first kappa shape index (κ1) is 20.8. The highest BCUT2D eigenvalue weighted by atomic mass is 32.2. The SMILES string of the molecule is C=CC(=O)OC12CC3CC(OS(=O)(=O)CC)(C1)CC(OS(=O)(=O)CC)(C3)C2. The molecule has 4 aliphatic rings. The van der Waals surface area contributed by atoms with Crippen molar-refractivity contribution < 1.29 is 34.7 Å². The van der Waals surface area contributed by atoms with E-state index >= 15 is 0 Å². The van der Waals surface area contributed by atoms with Gasteiger partial charge < -0.3 is 4.74 Å². The van der Waals surface area contributed by atoms with Gasteiger partial charge in [0.15, 0.2) is 0 Å². The molecular formula is C17H26O8S2. The third kappa shape index (κ3) is 4.08. The topological polar surface area (TPSA) is 113 Å². The van der Waals surface area contributed by atoms with E-state index < -0.39 is 43.0 Å². The molecule has 2 unspecified atom stereocenters. The molecule has 27 heavy (non-hydrogen) atoms. The summed E-state index contributed by atoms with van der Waals surface area (Å²) in [4.78, 5) is 11.9. The predicted molar refractivity (Wildman–Crippen MR) is 96.8 cm³/mol. The molecule has 4 fully saturated rings. The second-order valence-electron chi connectivity index (χ2n) is 8.04. The molecule has 0 aliphatic heterocycles. The lowest BCUT2D eigenvalue weighted by Gasteiger charge is -2.63. The molecule has 4 rings (SSSR count). The van der Waals surface area contributed by atoms with Crippen LogP contribution in [0.2, 0.25) is 0 Å². The quantitative estimate of drug-likeness (QED) is 0.330. The maximum Gasteiger partial charge on any atom is 0.330 e. The lowest BCUT2D eigenvalue weighted by molar-refractivity contribution is -0.244. The molecule has 4 saturated carbocycles. The summed E-state index contributed by atoms with van der Waals surface area (Å²) in [5.74, 6) is -1.07. The number of carbonyl (C=O) groups excluding carboxylic acids is 1. The molecule has 0 radical (unpaired) electrons. The molecule has 0 aromatic heterocycles. The van der Waals surface area contributed by atoms with E-state index in [1.165, 1.54) is 13.8 Å². The van der Waals surface area contributed by atoms with Crippen LogP contribution in [-0.4, -0.2) is 51.1 Å². The van der Waals surface area contributed by atoms with Crippen molar-refractivity contribution in [3.63, 3.8) is 0 Å². The molecule has 0 aromatic rings. The van der Waals surface area contributed by atoms with E-state index in [9.17, 15) is 21.6 Å². The minimum atomic E-state index is -3.78. The van der Waals surface area contributed by atoms with Gasteiger partial charge in [0.05, 0.1) is 22.7 Å². The van der Waals surface area contributed by atoms with Gasteiger partial charge in [0.25, 0.3) is 20.2 Å². The molecule has 0 heterocycles. The van der Waals surface area contributed by atoms with Crippen LogP contribution in [0, 0.1) is 5.92 Å². The van der Waals surface area contributed by atoms with E-state index in [0.29, 0.717) is 19.3 Å². The van der Waals surface area contributed by atoms with Crippen molar-refractivity contribution in [1.82, 2.24) is 0 Å². The second kappa shape index (κ2) is 6.53. The maximum absolute atomic E-state index is 12.2.